The predicted octanol–water partition coefficient (Wildman–Crippen LogP) is 5.01. The molecular formula is C20H33N3. The molecule has 128 valence electrons. The van der Waals surface area contributed by atoms with E-state index in [4.69, 9.17) is 4.98 Å². The third-order valence-electron chi connectivity index (χ3n) is 5.36. The molecule has 0 bridgehead atoms. The largest absolute Gasteiger partial charge is 0.367 e. The molecule has 2 heterocycles. The summed E-state index contributed by atoms with van der Waals surface area (Å²) in [4.78, 5) is 7.42. The monoisotopic (exact) mass is 315 g/mol. The third-order valence-corrected chi connectivity index (χ3v) is 5.36. The Bertz CT molecular complexity index is 480. The average Bonchev–Trinajstić information content (AvgIpc) is 2.56. The van der Waals surface area contributed by atoms with Crippen LogP contribution < -0.4 is 5.32 Å². The zero-order chi connectivity index (χ0) is 16.1. The fourth-order valence-electron chi connectivity index (χ4n) is 4.28. The Labute approximate surface area is 141 Å². The Morgan fingerprint density at radius 3 is 2.70 bits per heavy atom. The van der Waals surface area contributed by atoms with E-state index < -0.39 is 0 Å². The molecular weight excluding hydrogens is 282 g/mol. The molecule has 1 aromatic heterocycles. The zero-order valence-electron chi connectivity index (χ0n) is 14.9. The molecule has 2 fully saturated rings. The Kier molecular flexibility index (Phi) is 5.93. The van der Waals surface area contributed by atoms with E-state index in [0.717, 1.165) is 11.7 Å². The SMILES string of the molecule is CC(C)CN1CCCC[C@@H]1c1cccnc1NC1CCCCC1. The number of hydrogen-bond acceptors (Lipinski definition) is 3. The van der Waals surface area contributed by atoms with E-state index in [1.165, 1.54) is 70.0 Å². The molecule has 23 heavy (non-hydrogen) atoms. The lowest BCUT2D eigenvalue weighted by Gasteiger charge is -2.38. The maximum atomic E-state index is 4.72. The van der Waals surface area contributed by atoms with Gasteiger partial charge in [0.1, 0.15) is 5.82 Å². The number of nitrogens with one attached hydrogen (secondary N) is 1. The van der Waals surface area contributed by atoms with Gasteiger partial charge in [-0.3, -0.25) is 4.90 Å². The van der Waals surface area contributed by atoms with Crippen LogP contribution in [0.15, 0.2) is 18.3 Å². The number of likely N-dealkylation sites (tertiary alicyclic amines) is 1. The molecule has 3 rings (SSSR count). The van der Waals surface area contributed by atoms with Gasteiger partial charge in [0.2, 0.25) is 0 Å². The quantitative estimate of drug-likeness (QED) is 0.828. The summed E-state index contributed by atoms with van der Waals surface area (Å²) in [5.41, 5.74) is 1.43. The first kappa shape index (κ1) is 16.8. The number of nitrogens with zero attached hydrogens (tertiary/aromatic N) is 2. The average molecular weight is 316 g/mol. The van der Waals surface area contributed by atoms with E-state index in [2.05, 4.69) is 36.2 Å². The van der Waals surface area contributed by atoms with Crippen molar-refractivity contribution in [2.24, 2.45) is 5.92 Å². The van der Waals surface area contributed by atoms with Gasteiger partial charge in [-0.25, -0.2) is 4.98 Å². The summed E-state index contributed by atoms with van der Waals surface area (Å²) in [6.45, 7) is 7.09. The van der Waals surface area contributed by atoms with Gasteiger partial charge >= 0.3 is 0 Å². The molecule has 1 N–H and O–H groups in total. The lowest BCUT2D eigenvalue weighted by Crippen LogP contribution is -2.36. The molecule has 0 radical (unpaired) electrons. The maximum absolute atomic E-state index is 4.72. The summed E-state index contributed by atoms with van der Waals surface area (Å²) < 4.78 is 0. The molecule has 0 aromatic carbocycles. The van der Waals surface area contributed by atoms with Crippen molar-refractivity contribution in [2.75, 3.05) is 18.4 Å². The summed E-state index contributed by atoms with van der Waals surface area (Å²) in [5, 5.41) is 3.78. The highest BCUT2D eigenvalue weighted by Crippen LogP contribution is 2.35. The van der Waals surface area contributed by atoms with Crippen molar-refractivity contribution in [3.63, 3.8) is 0 Å². The van der Waals surface area contributed by atoms with Crippen LogP contribution >= 0.6 is 0 Å². The van der Waals surface area contributed by atoms with Gasteiger partial charge in [-0.05, 0) is 44.2 Å². The van der Waals surface area contributed by atoms with Crippen LogP contribution in [-0.4, -0.2) is 29.0 Å². The molecule has 3 heteroatoms. The van der Waals surface area contributed by atoms with Crippen LogP contribution in [0.3, 0.4) is 0 Å². The summed E-state index contributed by atoms with van der Waals surface area (Å²) in [5.74, 6) is 1.88. The maximum Gasteiger partial charge on any atom is 0.130 e. The van der Waals surface area contributed by atoms with Crippen LogP contribution in [-0.2, 0) is 0 Å². The molecule has 1 aliphatic carbocycles. The van der Waals surface area contributed by atoms with Crippen molar-refractivity contribution in [1.29, 1.82) is 0 Å². The Morgan fingerprint density at radius 2 is 1.91 bits per heavy atom. The molecule has 3 nitrogen and oxygen atoms in total. The normalized spacial score (nSPS) is 24.0. The topological polar surface area (TPSA) is 28.2 Å². The minimum atomic E-state index is 0.547. The van der Waals surface area contributed by atoms with Gasteiger partial charge in [0.05, 0.1) is 0 Å². The van der Waals surface area contributed by atoms with Crippen molar-refractivity contribution in [1.82, 2.24) is 9.88 Å². The van der Waals surface area contributed by atoms with Gasteiger partial charge in [-0.15, -0.1) is 0 Å². The van der Waals surface area contributed by atoms with Crippen molar-refractivity contribution in [3.05, 3.63) is 23.9 Å². The summed E-state index contributed by atoms with van der Waals surface area (Å²) in [6.07, 6.45) is 12.6. The highest BCUT2D eigenvalue weighted by Gasteiger charge is 2.27. The first-order valence-electron chi connectivity index (χ1n) is 9.69. The van der Waals surface area contributed by atoms with Gasteiger partial charge in [0, 0.05) is 30.4 Å². The standard InChI is InChI=1S/C20H33N3/c1-16(2)15-23-14-7-6-12-19(23)18-11-8-13-21-20(18)22-17-9-4-3-5-10-17/h8,11,13,16-17,19H,3-7,9-10,12,14-15H2,1-2H3,(H,21,22)/t19-/m1/s1. The van der Waals surface area contributed by atoms with E-state index in [0.29, 0.717) is 12.1 Å². The summed E-state index contributed by atoms with van der Waals surface area (Å²) in [7, 11) is 0. The first-order chi connectivity index (χ1) is 11.2. The number of rotatable bonds is 5. The van der Waals surface area contributed by atoms with Gasteiger partial charge in [0.15, 0.2) is 0 Å². The van der Waals surface area contributed by atoms with E-state index in [1.807, 2.05) is 6.20 Å². The number of aromatic nitrogens is 1. The third kappa shape index (κ3) is 4.47. The van der Waals surface area contributed by atoms with Crippen LogP contribution in [0.4, 0.5) is 5.82 Å². The molecule has 1 atom stereocenters. The first-order valence-corrected chi connectivity index (χ1v) is 9.69. The van der Waals surface area contributed by atoms with Crippen LogP contribution in [0.25, 0.3) is 0 Å². The van der Waals surface area contributed by atoms with E-state index in [9.17, 15) is 0 Å². The highest BCUT2D eigenvalue weighted by atomic mass is 15.2. The smallest absolute Gasteiger partial charge is 0.130 e. The van der Waals surface area contributed by atoms with Gasteiger partial charge in [-0.2, -0.15) is 0 Å². The Hall–Kier alpha value is -1.09. The second-order valence-corrected chi connectivity index (χ2v) is 7.82. The summed E-state index contributed by atoms with van der Waals surface area (Å²) in [6, 6.07) is 5.59. The van der Waals surface area contributed by atoms with Crippen LogP contribution in [0.2, 0.25) is 0 Å². The minimum Gasteiger partial charge on any atom is -0.367 e. The fourth-order valence-corrected chi connectivity index (χ4v) is 4.28. The van der Waals surface area contributed by atoms with E-state index in [1.54, 1.807) is 0 Å². The van der Waals surface area contributed by atoms with E-state index in [-0.39, 0.29) is 0 Å². The lowest BCUT2D eigenvalue weighted by atomic mass is 9.93. The molecule has 1 aromatic rings. The minimum absolute atomic E-state index is 0.547. The number of hydrogen-bond donors (Lipinski definition) is 1. The molecule has 1 aliphatic heterocycles. The highest BCUT2D eigenvalue weighted by molar-refractivity contribution is 5.46. The molecule has 2 aliphatic rings. The molecule has 0 spiro atoms. The molecule has 0 unspecified atom stereocenters. The Balaban J connectivity index is 1.77. The van der Waals surface area contributed by atoms with Gasteiger partial charge < -0.3 is 5.32 Å². The van der Waals surface area contributed by atoms with E-state index >= 15 is 0 Å². The van der Waals surface area contributed by atoms with Crippen molar-refractivity contribution in [3.8, 4) is 0 Å². The Morgan fingerprint density at radius 1 is 1.13 bits per heavy atom. The van der Waals surface area contributed by atoms with Crippen LogP contribution in [0.1, 0.15) is 76.8 Å². The van der Waals surface area contributed by atoms with Gasteiger partial charge in [-0.1, -0.05) is 45.6 Å². The van der Waals surface area contributed by atoms with Gasteiger partial charge in [0.25, 0.3) is 0 Å². The van der Waals surface area contributed by atoms with Crippen molar-refractivity contribution >= 4 is 5.82 Å². The number of anilines is 1. The predicted molar refractivity (Wildman–Crippen MR) is 97.7 cm³/mol. The number of piperidine rings is 1. The number of pyridine rings is 1. The zero-order valence-corrected chi connectivity index (χ0v) is 14.9. The van der Waals surface area contributed by atoms with Crippen LogP contribution in [0.5, 0.6) is 0 Å². The second-order valence-electron chi connectivity index (χ2n) is 7.82. The summed E-state index contributed by atoms with van der Waals surface area (Å²) >= 11 is 0. The lowest BCUT2D eigenvalue weighted by molar-refractivity contribution is 0.132. The molecule has 0 amide bonds. The second kappa shape index (κ2) is 8.14. The molecule has 1 saturated heterocycles. The fraction of sp³-hybridized carbons (Fsp3) is 0.750. The van der Waals surface area contributed by atoms with Crippen LogP contribution in [0, 0.1) is 5.92 Å². The van der Waals surface area contributed by atoms with Crippen molar-refractivity contribution < 1.29 is 0 Å². The van der Waals surface area contributed by atoms with Crippen molar-refractivity contribution in [2.45, 2.75) is 77.3 Å². The molecule has 1 saturated carbocycles.